The molecule has 1 unspecified atom stereocenters. The molecule has 5 nitrogen and oxygen atoms in total. The summed E-state index contributed by atoms with van der Waals surface area (Å²) in [4.78, 5) is 27.6. The standard InChI is InChI=1S/C21H20N4OS/c26-12-19-21-16(14-3-7-22-8-4-14)5-9-23-17(21)11-25(19)10-6-20-24-18(13-27-20)15-1-2-15/h3-5,7-9,12-13,15,19H,1-2,6,10-11H2. The summed E-state index contributed by atoms with van der Waals surface area (Å²) in [5, 5.41) is 3.37. The van der Waals surface area contributed by atoms with E-state index in [1.165, 1.54) is 23.5 Å². The first-order valence-corrected chi connectivity index (χ1v) is 10.2. The Morgan fingerprint density at radius 1 is 1.19 bits per heavy atom. The zero-order valence-corrected chi connectivity index (χ0v) is 15.7. The second kappa shape index (κ2) is 6.94. The Bertz CT molecular complexity index is 967. The Labute approximate surface area is 162 Å². The molecule has 5 rings (SSSR count). The highest BCUT2D eigenvalue weighted by Gasteiger charge is 2.33. The van der Waals surface area contributed by atoms with Gasteiger partial charge in [-0.15, -0.1) is 11.3 Å². The quantitative estimate of drug-likeness (QED) is 0.613. The Kier molecular flexibility index (Phi) is 4.30. The molecule has 0 N–H and O–H groups in total. The Morgan fingerprint density at radius 3 is 2.81 bits per heavy atom. The summed E-state index contributed by atoms with van der Waals surface area (Å²) < 4.78 is 0. The zero-order valence-electron chi connectivity index (χ0n) is 14.9. The molecular weight excluding hydrogens is 356 g/mol. The molecular formula is C21H20N4OS. The number of carbonyl (C=O) groups excluding carboxylic acids is 1. The largest absolute Gasteiger partial charge is 0.301 e. The van der Waals surface area contributed by atoms with E-state index in [1.807, 2.05) is 24.4 Å². The normalized spacial score (nSPS) is 19.2. The first kappa shape index (κ1) is 16.7. The third kappa shape index (κ3) is 3.19. The maximum Gasteiger partial charge on any atom is 0.141 e. The minimum absolute atomic E-state index is 0.250. The van der Waals surface area contributed by atoms with Gasteiger partial charge in [-0.2, -0.15) is 0 Å². The van der Waals surface area contributed by atoms with Crippen LogP contribution in [0.4, 0.5) is 0 Å². The number of fused-ring (bicyclic) bond motifs is 1. The maximum absolute atomic E-state index is 12.0. The van der Waals surface area contributed by atoms with E-state index in [1.54, 1.807) is 23.7 Å². The molecule has 1 fully saturated rings. The first-order valence-electron chi connectivity index (χ1n) is 9.35. The third-order valence-corrected chi connectivity index (χ3v) is 6.34. The SMILES string of the molecule is O=CC1c2c(-c3ccncc3)ccnc2CN1CCc1nc(C2CC2)cs1. The fourth-order valence-corrected chi connectivity index (χ4v) is 4.72. The van der Waals surface area contributed by atoms with Crippen LogP contribution in [0.3, 0.4) is 0 Å². The van der Waals surface area contributed by atoms with Crippen LogP contribution in [0, 0.1) is 0 Å². The van der Waals surface area contributed by atoms with Gasteiger partial charge in [-0.1, -0.05) is 0 Å². The summed E-state index contributed by atoms with van der Waals surface area (Å²) in [6, 6.07) is 5.71. The molecule has 6 heteroatoms. The number of hydrogen-bond donors (Lipinski definition) is 0. The van der Waals surface area contributed by atoms with Gasteiger partial charge in [0.2, 0.25) is 0 Å². The van der Waals surface area contributed by atoms with Crippen LogP contribution in [0.2, 0.25) is 0 Å². The van der Waals surface area contributed by atoms with Crippen LogP contribution in [0.5, 0.6) is 0 Å². The number of aldehydes is 1. The van der Waals surface area contributed by atoms with Crippen molar-refractivity contribution in [2.75, 3.05) is 6.54 Å². The van der Waals surface area contributed by atoms with Gasteiger partial charge >= 0.3 is 0 Å². The van der Waals surface area contributed by atoms with Crippen LogP contribution >= 0.6 is 11.3 Å². The van der Waals surface area contributed by atoms with Crippen LogP contribution in [0.1, 0.15) is 46.8 Å². The summed E-state index contributed by atoms with van der Waals surface area (Å²) in [5.74, 6) is 0.695. The van der Waals surface area contributed by atoms with E-state index >= 15 is 0 Å². The van der Waals surface area contributed by atoms with Crippen molar-refractivity contribution in [2.24, 2.45) is 0 Å². The van der Waals surface area contributed by atoms with Gasteiger partial charge in [-0.05, 0) is 42.2 Å². The second-order valence-corrected chi connectivity index (χ2v) is 8.14. The predicted octanol–water partition coefficient (Wildman–Crippen LogP) is 3.78. The molecule has 3 aromatic heterocycles. The van der Waals surface area contributed by atoms with E-state index in [9.17, 15) is 4.79 Å². The zero-order chi connectivity index (χ0) is 18.2. The van der Waals surface area contributed by atoms with E-state index in [0.29, 0.717) is 12.5 Å². The number of nitrogens with zero attached hydrogens (tertiary/aromatic N) is 4. The minimum atomic E-state index is -0.250. The number of aromatic nitrogens is 3. The van der Waals surface area contributed by atoms with Crippen LogP contribution in [-0.4, -0.2) is 32.7 Å². The molecule has 1 saturated carbocycles. The van der Waals surface area contributed by atoms with Crippen molar-refractivity contribution < 1.29 is 4.79 Å². The summed E-state index contributed by atoms with van der Waals surface area (Å²) in [6.07, 6.45) is 9.89. The molecule has 0 bridgehead atoms. The van der Waals surface area contributed by atoms with E-state index in [0.717, 1.165) is 41.6 Å². The molecule has 27 heavy (non-hydrogen) atoms. The van der Waals surface area contributed by atoms with Gasteiger partial charge in [-0.3, -0.25) is 14.9 Å². The topological polar surface area (TPSA) is 59.0 Å². The van der Waals surface area contributed by atoms with Crippen molar-refractivity contribution in [3.05, 3.63) is 64.1 Å². The van der Waals surface area contributed by atoms with Gasteiger partial charge in [0.1, 0.15) is 6.29 Å². The van der Waals surface area contributed by atoms with Gasteiger partial charge in [-0.25, -0.2) is 4.98 Å². The molecule has 3 aromatic rings. The molecule has 1 aliphatic heterocycles. The summed E-state index contributed by atoms with van der Waals surface area (Å²) in [7, 11) is 0. The van der Waals surface area contributed by atoms with Crippen LogP contribution in [-0.2, 0) is 17.8 Å². The fourth-order valence-electron chi connectivity index (χ4n) is 3.85. The van der Waals surface area contributed by atoms with E-state index in [-0.39, 0.29) is 6.04 Å². The Balaban J connectivity index is 1.38. The number of rotatable bonds is 6. The highest BCUT2D eigenvalue weighted by Crippen LogP contribution is 2.41. The Hall–Kier alpha value is -2.44. The second-order valence-electron chi connectivity index (χ2n) is 7.20. The lowest BCUT2D eigenvalue weighted by Gasteiger charge is -2.20. The summed E-state index contributed by atoms with van der Waals surface area (Å²) in [5.41, 5.74) is 5.45. The van der Waals surface area contributed by atoms with Crippen LogP contribution < -0.4 is 0 Å². The van der Waals surface area contributed by atoms with Crippen LogP contribution in [0.15, 0.2) is 42.2 Å². The average Bonchev–Trinajstić information content (AvgIpc) is 3.34. The van der Waals surface area contributed by atoms with Crippen molar-refractivity contribution in [2.45, 2.75) is 37.8 Å². The molecule has 136 valence electrons. The average molecular weight is 376 g/mol. The number of hydrogen-bond acceptors (Lipinski definition) is 6. The van der Waals surface area contributed by atoms with Crippen molar-refractivity contribution in [3.8, 4) is 11.1 Å². The lowest BCUT2D eigenvalue weighted by Crippen LogP contribution is -2.25. The number of pyridine rings is 2. The molecule has 1 atom stereocenters. The highest BCUT2D eigenvalue weighted by molar-refractivity contribution is 7.09. The van der Waals surface area contributed by atoms with Gasteiger partial charge in [0.05, 0.1) is 22.4 Å². The molecule has 1 aliphatic carbocycles. The summed E-state index contributed by atoms with van der Waals surface area (Å²) >= 11 is 1.75. The van der Waals surface area contributed by atoms with Gasteiger partial charge < -0.3 is 4.79 Å². The number of thiazole rings is 1. The van der Waals surface area contributed by atoms with Gasteiger partial charge in [0.15, 0.2) is 0 Å². The van der Waals surface area contributed by atoms with Crippen LogP contribution in [0.25, 0.3) is 11.1 Å². The van der Waals surface area contributed by atoms with Gasteiger partial charge in [0, 0.05) is 55.0 Å². The lowest BCUT2D eigenvalue weighted by molar-refractivity contribution is -0.112. The lowest BCUT2D eigenvalue weighted by atomic mass is 9.97. The maximum atomic E-state index is 12.0. The van der Waals surface area contributed by atoms with E-state index in [4.69, 9.17) is 4.98 Å². The third-order valence-electron chi connectivity index (χ3n) is 5.41. The van der Waals surface area contributed by atoms with E-state index in [2.05, 4.69) is 20.2 Å². The minimum Gasteiger partial charge on any atom is -0.301 e. The Morgan fingerprint density at radius 2 is 2.04 bits per heavy atom. The molecule has 0 spiro atoms. The molecule has 0 radical (unpaired) electrons. The first-order chi connectivity index (χ1) is 13.3. The fraction of sp³-hybridized carbons (Fsp3) is 0.333. The molecule has 0 amide bonds. The van der Waals surface area contributed by atoms with Gasteiger partial charge in [0.25, 0.3) is 0 Å². The molecule has 0 aromatic carbocycles. The molecule has 4 heterocycles. The van der Waals surface area contributed by atoms with Crippen molar-refractivity contribution >= 4 is 17.6 Å². The van der Waals surface area contributed by atoms with Crippen molar-refractivity contribution in [1.29, 1.82) is 0 Å². The smallest absolute Gasteiger partial charge is 0.141 e. The van der Waals surface area contributed by atoms with E-state index < -0.39 is 0 Å². The number of carbonyl (C=O) groups is 1. The summed E-state index contributed by atoms with van der Waals surface area (Å²) in [6.45, 7) is 1.52. The van der Waals surface area contributed by atoms with Crippen molar-refractivity contribution in [3.63, 3.8) is 0 Å². The molecule has 2 aliphatic rings. The predicted molar refractivity (Wildman–Crippen MR) is 104 cm³/mol. The monoisotopic (exact) mass is 376 g/mol. The van der Waals surface area contributed by atoms with Crippen molar-refractivity contribution in [1.82, 2.24) is 19.9 Å². The molecule has 0 saturated heterocycles. The highest BCUT2D eigenvalue weighted by atomic mass is 32.1.